The van der Waals surface area contributed by atoms with Gasteiger partial charge in [0.15, 0.2) is 5.76 Å². The van der Waals surface area contributed by atoms with Gasteiger partial charge in [0.1, 0.15) is 5.75 Å². The van der Waals surface area contributed by atoms with Gasteiger partial charge in [-0.3, -0.25) is 9.59 Å². The van der Waals surface area contributed by atoms with Crippen molar-refractivity contribution in [2.24, 2.45) is 5.92 Å². The zero-order chi connectivity index (χ0) is 20.7. The molecule has 7 heteroatoms. The molecular weight excluding hydrogens is 382 g/mol. The second-order valence-corrected chi connectivity index (χ2v) is 7.56. The Morgan fingerprint density at radius 1 is 1.17 bits per heavy atom. The molecule has 1 atom stereocenters. The SMILES string of the molecule is COc1ccc(N2CC(C(=O)N3CCc4cc(-c5ccno5)ccc43)CC2=O)cc1. The van der Waals surface area contributed by atoms with Gasteiger partial charge in [-0.2, -0.15) is 0 Å². The minimum Gasteiger partial charge on any atom is -0.497 e. The minimum atomic E-state index is -0.348. The second-order valence-electron chi connectivity index (χ2n) is 7.56. The van der Waals surface area contributed by atoms with Crippen molar-refractivity contribution in [3.63, 3.8) is 0 Å². The first-order chi connectivity index (χ1) is 14.6. The van der Waals surface area contributed by atoms with Crippen LogP contribution in [-0.4, -0.2) is 37.2 Å². The molecule has 0 saturated carbocycles. The number of fused-ring (bicyclic) bond motifs is 1. The normalized spacial score (nSPS) is 18.0. The van der Waals surface area contributed by atoms with E-state index in [4.69, 9.17) is 9.26 Å². The molecule has 1 fully saturated rings. The molecule has 2 aliphatic heterocycles. The van der Waals surface area contributed by atoms with Crippen LogP contribution in [-0.2, 0) is 16.0 Å². The van der Waals surface area contributed by atoms with Gasteiger partial charge in [0.05, 0.1) is 19.2 Å². The molecule has 5 rings (SSSR count). The Morgan fingerprint density at radius 2 is 2.00 bits per heavy atom. The van der Waals surface area contributed by atoms with E-state index in [-0.39, 0.29) is 24.2 Å². The van der Waals surface area contributed by atoms with E-state index in [1.54, 1.807) is 18.2 Å². The summed E-state index contributed by atoms with van der Waals surface area (Å²) in [6.07, 6.45) is 2.63. The molecule has 0 radical (unpaired) electrons. The smallest absolute Gasteiger partial charge is 0.232 e. The monoisotopic (exact) mass is 403 g/mol. The van der Waals surface area contributed by atoms with Crippen LogP contribution in [0.1, 0.15) is 12.0 Å². The van der Waals surface area contributed by atoms with Crippen LogP contribution in [0.4, 0.5) is 11.4 Å². The van der Waals surface area contributed by atoms with Crippen LogP contribution < -0.4 is 14.5 Å². The van der Waals surface area contributed by atoms with Gasteiger partial charge in [-0.15, -0.1) is 0 Å². The van der Waals surface area contributed by atoms with Crippen LogP contribution >= 0.6 is 0 Å². The Morgan fingerprint density at radius 3 is 2.73 bits per heavy atom. The average Bonchev–Trinajstić information content (AvgIpc) is 3.52. The molecule has 1 unspecified atom stereocenters. The summed E-state index contributed by atoms with van der Waals surface area (Å²) < 4.78 is 10.4. The van der Waals surface area contributed by atoms with E-state index in [1.807, 2.05) is 53.4 Å². The Kier molecular flexibility index (Phi) is 4.50. The third-order valence-corrected chi connectivity index (χ3v) is 5.82. The molecule has 0 bridgehead atoms. The van der Waals surface area contributed by atoms with Gasteiger partial charge >= 0.3 is 0 Å². The number of rotatable bonds is 4. The number of nitrogens with zero attached hydrogens (tertiary/aromatic N) is 3. The summed E-state index contributed by atoms with van der Waals surface area (Å²) in [5.74, 6) is 1.07. The maximum Gasteiger partial charge on any atom is 0.232 e. The molecule has 30 heavy (non-hydrogen) atoms. The fraction of sp³-hybridized carbons (Fsp3) is 0.261. The number of hydrogen-bond donors (Lipinski definition) is 0. The van der Waals surface area contributed by atoms with Crippen molar-refractivity contribution in [3.05, 3.63) is 60.3 Å². The summed E-state index contributed by atoms with van der Waals surface area (Å²) in [6, 6.07) is 15.1. The largest absolute Gasteiger partial charge is 0.497 e. The van der Waals surface area contributed by atoms with Crippen LogP contribution in [0.5, 0.6) is 5.75 Å². The van der Waals surface area contributed by atoms with Crippen molar-refractivity contribution in [2.45, 2.75) is 12.8 Å². The van der Waals surface area contributed by atoms with E-state index in [9.17, 15) is 9.59 Å². The van der Waals surface area contributed by atoms with Crippen molar-refractivity contribution < 1.29 is 18.8 Å². The zero-order valence-corrected chi connectivity index (χ0v) is 16.6. The maximum absolute atomic E-state index is 13.2. The highest BCUT2D eigenvalue weighted by atomic mass is 16.5. The van der Waals surface area contributed by atoms with Gasteiger partial charge in [-0.1, -0.05) is 5.16 Å². The Labute approximate surface area is 173 Å². The minimum absolute atomic E-state index is 0.00512. The lowest BCUT2D eigenvalue weighted by atomic mass is 10.1. The number of hydrogen-bond acceptors (Lipinski definition) is 5. The summed E-state index contributed by atoms with van der Waals surface area (Å²) in [5, 5.41) is 3.75. The van der Waals surface area contributed by atoms with Gasteiger partial charge in [0.25, 0.3) is 0 Å². The summed E-state index contributed by atoms with van der Waals surface area (Å²) in [4.78, 5) is 29.3. The lowest BCUT2D eigenvalue weighted by Crippen LogP contribution is -2.36. The molecule has 7 nitrogen and oxygen atoms in total. The predicted molar refractivity (Wildman–Crippen MR) is 111 cm³/mol. The highest BCUT2D eigenvalue weighted by Crippen LogP contribution is 2.35. The molecule has 0 N–H and O–H groups in total. The van der Waals surface area contributed by atoms with Crippen LogP contribution in [0.2, 0.25) is 0 Å². The first-order valence-electron chi connectivity index (χ1n) is 9.94. The van der Waals surface area contributed by atoms with Gasteiger partial charge in [-0.25, -0.2) is 0 Å². The zero-order valence-electron chi connectivity index (χ0n) is 16.6. The molecule has 0 aliphatic carbocycles. The van der Waals surface area contributed by atoms with Crippen LogP contribution in [0.3, 0.4) is 0 Å². The molecule has 2 aromatic carbocycles. The van der Waals surface area contributed by atoms with Crippen molar-refractivity contribution in [3.8, 4) is 17.1 Å². The fourth-order valence-corrected chi connectivity index (χ4v) is 4.25. The van der Waals surface area contributed by atoms with Gasteiger partial charge in [0, 0.05) is 42.5 Å². The summed E-state index contributed by atoms with van der Waals surface area (Å²) in [5.41, 5.74) is 3.75. The number of benzene rings is 2. The third-order valence-electron chi connectivity index (χ3n) is 5.82. The Bertz CT molecular complexity index is 1090. The number of ether oxygens (including phenoxy) is 1. The van der Waals surface area contributed by atoms with E-state index >= 15 is 0 Å². The Balaban J connectivity index is 1.33. The van der Waals surface area contributed by atoms with E-state index in [1.165, 1.54) is 0 Å². The third kappa shape index (κ3) is 3.12. The van der Waals surface area contributed by atoms with Gasteiger partial charge in [-0.05, 0) is 54.4 Å². The number of anilines is 2. The molecule has 2 aliphatic rings. The van der Waals surface area contributed by atoms with E-state index in [0.717, 1.165) is 34.7 Å². The van der Waals surface area contributed by atoms with E-state index in [0.29, 0.717) is 18.8 Å². The molecule has 3 aromatic rings. The van der Waals surface area contributed by atoms with Crippen LogP contribution in [0.25, 0.3) is 11.3 Å². The lowest BCUT2D eigenvalue weighted by Gasteiger charge is -2.22. The van der Waals surface area contributed by atoms with Gasteiger partial charge in [0.2, 0.25) is 11.8 Å². The topological polar surface area (TPSA) is 75.9 Å². The van der Waals surface area contributed by atoms with Crippen molar-refractivity contribution in [1.29, 1.82) is 0 Å². The fourth-order valence-electron chi connectivity index (χ4n) is 4.25. The van der Waals surface area contributed by atoms with Crippen molar-refractivity contribution in [1.82, 2.24) is 5.16 Å². The Hall–Kier alpha value is -3.61. The molecule has 0 spiro atoms. The van der Waals surface area contributed by atoms with Gasteiger partial charge < -0.3 is 19.1 Å². The highest BCUT2D eigenvalue weighted by molar-refractivity contribution is 6.05. The molecule has 2 amide bonds. The first-order valence-corrected chi connectivity index (χ1v) is 9.94. The molecule has 1 saturated heterocycles. The van der Waals surface area contributed by atoms with Crippen molar-refractivity contribution >= 4 is 23.2 Å². The number of carbonyl (C=O) groups is 2. The number of carbonyl (C=O) groups excluding carboxylic acids is 2. The predicted octanol–water partition coefficient (Wildman–Crippen LogP) is 3.29. The summed E-state index contributed by atoms with van der Waals surface area (Å²) >= 11 is 0. The second kappa shape index (κ2) is 7.33. The number of methoxy groups -OCH3 is 1. The number of amides is 2. The maximum atomic E-state index is 13.2. The average molecular weight is 403 g/mol. The van der Waals surface area contributed by atoms with E-state index in [2.05, 4.69) is 5.16 Å². The quantitative estimate of drug-likeness (QED) is 0.668. The van der Waals surface area contributed by atoms with Crippen molar-refractivity contribution in [2.75, 3.05) is 30.0 Å². The lowest BCUT2D eigenvalue weighted by molar-refractivity contribution is -0.124. The molecule has 152 valence electrons. The first kappa shape index (κ1) is 18.4. The molecular formula is C23H21N3O4. The van der Waals surface area contributed by atoms with E-state index < -0.39 is 0 Å². The standard InChI is InChI=1S/C23H21N3O4/c1-29-19-5-3-18(4-6-19)26-14-17(13-22(26)27)23(28)25-11-9-15-12-16(2-7-20(15)25)21-8-10-24-30-21/h2-8,10,12,17H,9,11,13-14H2,1H3. The summed E-state index contributed by atoms with van der Waals surface area (Å²) in [6.45, 7) is 1.02. The highest BCUT2D eigenvalue weighted by Gasteiger charge is 2.39. The summed E-state index contributed by atoms with van der Waals surface area (Å²) in [7, 11) is 1.60. The number of aromatic nitrogens is 1. The van der Waals surface area contributed by atoms with Crippen LogP contribution in [0.15, 0.2) is 59.3 Å². The molecule has 3 heterocycles. The van der Waals surface area contributed by atoms with Crippen LogP contribution in [0, 0.1) is 5.92 Å². The molecule has 1 aromatic heterocycles.